The average molecular weight is 256 g/mol. The van der Waals surface area contributed by atoms with Crippen LogP contribution in [-0.2, 0) is 5.33 Å². The molecule has 0 bridgehead atoms. The highest BCUT2D eigenvalue weighted by molar-refractivity contribution is 9.08. The van der Waals surface area contributed by atoms with Crippen LogP contribution in [0, 0.1) is 0 Å². The standard InChI is InChI=1S/C10H14BrN3/c11-6-9-7-12-10(13-8-9)14-4-2-1-3-5-14/h7-8H,1-6H2. The van der Waals surface area contributed by atoms with E-state index in [1.807, 2.05) is 12.4 Å². The van der Waals surface area contributed by atoms with Crippen LogP contribution in [0.25, 0.3) is 0 Å². The zero-order valence-electron chi connectivity index (χ0n) is 8.12. The van der Waals surface area contributed by atoms with Gasteiger partial charge in [0.25, 0.3) is 0 Å². The van der Waals surface area contributed by atoms with Gasteiger partial charge in [0.1, 0.15) is 0 Å². The minimum Gasteiger partial charge on any atom is -0.341 e. The first-order chi connectivity index (χ1) is 6.90. The number of aromatic nitrogens is 2. The topological polar surface area (TPSA) is 29.0 Å². The molecule has 4 heteroatoms. The molecule has 1 fully saturated rings. The Morgan fingerprint density at radius 3 is 2.36 bits per heavy atom. The predicted molar refractivity (Wildman–Crippen MR) is 60.7 cm³/mol. The third-order valence-electron chi connectivity index (χ3n) is 2.48. The molecular formula is C10H14BrN3. The fraction of sp³-hybridized carbons (Fsp3) is 0.600. The van der Waals surface area contributed by atoms with Crippen molar-refractivity contribution in [2.45, 2.75) is 24.6 Å². The van der Waals surface area contributed by atoms with Crippen LogP contribution in [0.4, 0.5) is 5.95 Å². The summed E-state index contributed by atoms with van der Waals surface area (Å²) in [4.78, 5) is 11.0. The summed E-state index contributed by atoms with van der Waals surface area (Å²) < 4.78 is 0. The van der Waals surface area contributed by atoms with Gasteiger partial charge in [-0.05, 0) is 24.8 Å². The van der Waals surface area contributed by atoms with Gasteiger partial charge in [-0.2, -0.15) is 0 Å². The summed E-state index contributed by atoms with van der Waals surface area (Å²) in [6, 6.07) is 0. The summed E-state index contributed by atoms with van der Waals surface area (Å²) in [5, 5.41) is 0.827. The van der Waals surface area contributed by atoms with Crippen molar-refractivity contribution in [3.8, 4) is 0 Å². The van der Waals surface area contributed by atoms with Gasteiger partial charge in [-0.3, -0.25) is 0 Å². The molecule has 2 rings (SSSR count). The summed E-state index contributed by atoms with van der Waals surface area (Å²) in [6.07, 6.45) is 7.67. The van der Waals surface area contributed by atoms with Crippen molar-refractivity contribution in [2.24, 2.45) is 0 Å². The first kappa shape index (κ1) is 9.90. The van der Waals surface area contributed by atoms with Gasteiger partial charge in [-0.1, -0.05) is 15.9 Å². The lowest BCUT2D eigenvalue weighted by Crippen LogP contribution is -2.30. The molecule has 1 saturated heterocycles. The molecule has 1 aliphatic rings. The van der Waals surface area contributed by atoms with Crippen LogP contribution in [0.1, 0.15) is 24.8 Å². The van der Waals surface area contributed by atoms with Crippen LogP contribution in [0.15, 0.2) is 12.4 Å². The van der Waals surface area contributed by atoms with Crippen molar-refractivity contribution in [2.75, 3.05) is 18.0 Å². The molecule has 0 aromatic carbocycles. The summed E-state index contributed by atoms with van der Waals surface area (Å²) in [5.41, 5.74) is 1.13. The number of rotatable bonds is 2. The highest BCUT2D eigenvalue weighted by Crippen LogP contribution is 2.15. The third-order valence-corrected chi connectivity index (χ3v) is 3.13. The monoisotopic (exact) mass is 255 g/mol. The summed E-state index contributed by atoms with van der Waals surface area (Å²) in [6.45, 7) is 2.21. The molecule has 3 nitrogen and oxygen atoms in total. The van der Waals surface area contributed by atoms with E-state index in [9.17, 15) is 0 Å². The van der Waals surface area contributed by atoms with Gasteiger partial charge < -0.3 is 4.90 Å². The van der Waals surface area contributed by atoms with Gasteiger partial charge in [0.2, 0.25) is 5.95 Å². The zero-order chi connectivity index (χ0) is 9.80. The van der Waals surface area contributed by atoms with Crippen molar-refractivity contribution in [1.82, 2.24) is 9.97 Å². The van der Waals surface area contributed by atoms with Crippen molar-refractivity contribution >= 4 is 21.9 Å². The fourth-order valence-corrected chi connectivity index (χ4v) is 1.96. The zero-order valence-corrected chi connectivity index (χ0v) is 9.70. The van der Waals surface area contributed by atoms with E-state index >= 15 is 0 Å². The second-order valence-corrected chi connectivity index (χ2v) is 4.13. The van der Waals surface area contributed by atoms with E-state index in [0.29, 0.717) is 0 Å². The summed E-state index contributed by atoms with van der Waals surface area (Å²) in [5.74, 6) is 0.884. The Labute approximate surface area is 92.7 Å². The van der Waals surface area contributed by atoms with E-state index in [1.54, 1.807) is 0 Å². The third kappa shape index (κ3) is 2.23. The summed E-state index contributed by atoms with van der Waals surface area (Å²) in [7, 11) is 0. The molecule has 0 N–H and O–H groups in total. The maximum atomic E-state index is 4.36. The Morgan fingerprint density at radius 1 is 1.14 bits per heavy atom. The first-order valence-corrected chi connectivity index (χ1v) is 6.14. The highest BCUT2D eigenvalue weighted by Gasteiger charge is 2.12. The second kappa shape index (κ2) is 4.73. The Balaban J connectivity index is 2.07. The van der Waals surface area contributed by atoms with E-state index in [1.165, 1.54) is 19.3 Å². The second-order valence-electron chi connectivity index (χ2n) is 3.57. The van der Waals surface area contributed by atoms with E-state index in [4.69, 9.17) is 0 Å². The normalized spacial score (nSPS) is 17.1. The van der Waals surface area contributed by atoms with Crippen molar-refractivity contribution in [3.05, 3.63) is 18.0 Å². The Kier molecular flexibility index (Phi) is 3.35. The number of halogens is 1. The van der Waals surface area contributed by atoms with E-state index in [-0.39, 0.29) is 0 Å². The maximum absolute atomic E-state index is 4.36. The van der Waals surface area contributed by atoms with Gasteiger partial charge in [0, 0.05) is 30.8 Å². The molecule has 2 heterocycles. The quantitative estimate of drug-likeness (QED) is 0.760. The Morgan fingerprint density at radius 2 is 1.79 bits per heavy atom. The molecule has 0 spiro atoms. The summed E-state index contributed by atoms with van der Waals surface area (Å²) >= 11 is 3.38. The average Bonchev–Trinajstić information content (AvgIpc) is 2.30. The molecule has 1 aromatic rings. The minimum atomic E-state index is 0.827. The molecule has 0 atom stereocenters. The van der Waals surface area contributed by atoms with E-state index < -0.39 is 0 Å². The van der Waals surface area contributed by atoms with Crippen LogP contribution in [0.5, 0.6) is 0 Å². The lowest BCUT2D eigenvalue weighted by Gasteiger charge is -2.26. The number of alkyl halides is 1. The SMILES string of the molecule is BrCc1cnc(N2CCCCC2)nc1. The van der Waals surface area contributed by atoms with Crippen molar-refractivity contribution < 1.29 is 0 Å². The molecule has 0 amide bonds. The van der Waals surface area contributed by atoms with Gasteiger partial charge in [0.15, 0.2) is 0 Å². The molecule has 1 aromatic heterocycles. The van der Waals surface area contributed by atoms with Gasteiger partial charge >= 0.3 is 0 Å². The van der Waals surface area contributed by atoms with Crippen LogP contribution in [-0.4, -0.2) is 23.1 Å². The van der Waals surface area contributed by atoms with Crippen LogP contribution in [0.2, 0.25) is 0 Å². The number of hydrogen-bond donors (Lipinski definition) is 0. The lowest BCUT2D eigenvalue weighted by molar-refractivity contribution is 0.568. The lowest BCUT2D eigenvalue weighted by atomic mass is 10.1. The molecule has 0 radical (unpaired) electrons. The Hall–Kier alpha value is -0.640. The molecule has 14 heavy (non-hydrogen) atoms. The molecule has 0 aliphatic carbocycles. The highest BCUT2D eigenvalue weighted by atomic mass is 79.9. The predicted octanol–water partition coefficient (Wildman–Crippen LogP) is 2.36. The van der Waals surface area contributed by atoms with Gasteiger partial charge in [-0.25, -0.2) is 9.97 Å². The van der Waals surface area contributed by atoms with E-state index in [2.05, 4.69) is 30.8 Å². The molecule has 1 aliphatic heterocycles. The number of nitrogens with zero attached hydrogens (tertiary/aromatic N) is 3. The number of piperidine rings is 1. The molecule has 0 unspecified atom stereocenters. The molecule has 76 valence electrons. The minimum absolute atomic E-state index is 0.827. The number of anilines is 1. The smallest absolute Gasteiger partial charge is 0.225 e. The van der Waals surface area contributed by atoms with Crippen LogP contribution in [0.3, 0.4) is 0 Å². The van der Waals surface area contributed by atoms with Crippen molar-refractivity contribution in [3.63, 3.8) is 0 Å². The molecular weight excluding hydrogens is 242 g/mol. The van der Waals surface area contributed by atoms with Gasteiger partial charge in [-0.15, -0.1) is 0 Å². The van der Waals surface area contributed by atoms with Crippen LogP contribution >= 0.6 is 15.9 Å². The first-order valence-electron chi connectivity index (χ1n) is 5.02. The van der Waals surface area contributed by atoms with E-state index in [0.717, 1.165) is 29.9 Å². The largest absolute Gasteiger partial charge is 0.341 e. The van der Waals surface area contributed by atoms with Crippen LogP contribution < -0.4 is 4.90 Å². The maximum Gasteiger partial charge on any atom is 0.225 e. The fourth-order valence-electron chi connectivity index (χ4n) is 1.67. The number of hydrogen-bond acceptors (Lipinski definition) is 3. The van der Waals surface area contributed by atoms with Gasteiger partial charge in [0.05, 0.1) is 0 Å². The van der Waals surface area contributed by atoms with Crippen molar-refractivity contribution in [1.29, 1.82) is 0 Å². The Bertz CT molecular complexity index is 280. The molecule has 0 saturated carbocycles.